The second-order valence-corrected chi connectivity index (χ2v) is 3.30. The number of nitrogens with one attached hydrogen (secondary N) is 2. The second-order valence-electron chi connectivity index (χ2n) is 3.30. The number of hydrogen-bond donors (Lipinski definition) is 2. The number of carbonyl (C=O) groups excluding carboxylic acids is 1. The van der Waals surface area contributed by atoms with Crippen molar-refractivity contribution in [3.63, 3.8) is 0 Å². The van der Waals surface area contributed by atoms with Crippen molar-refractivity contribution < 1.29 is 9.18 Å². The summed E-state index contributed by atoms with van der Waals surface area (Å²) in [5.74, 6) is -0.945. The summed E-state index contributed by atoms with van der Waals surface area (Å²) >= 11 is 0. The molecule has 5 heteroatoms. The summed E-state index contributed by atoms with van der Waals surface area (Å²) in [7, 11) is 1.76. The van der Waals surface area contributed by atoms with Crippen LogP contribution in [-0.4, -0.2) is 24.5 Å². The minimum Gasteiger partial charge on any atom is -0.323 e. The Kier molecular flexibility index (Phi) is 4.17. The van der Waals surface area contributed by atoms with Crippen LogP contribution in [0.2, 0.25) is 0 Å². The highest BCUT2D eigenvalue weighted by Crippen LogP contribution is 2.11. The van der Waals surface area contributed by atoms with Gasteiger partial charge in [-0.15, -0.1) is 0 Å². The van der Waals surface area contributed by atoms with E-state index in [0.29, 0.717) is 6.54 Å². The van der Waals surface area contributed by atoms with E-state index in [9.17, 15) is 9.18 Å². The number of amides is 1. The average Bonchev–Trinajstić information content (AvgIpc) is 2.21. The highest BCUT2D eigenvalue weighted by Gasteiger charge is 2.13. The van der Waals surface area contributed by atoms with Gasteiger partial charge >= 0.3 is 0 Å². The van der Waals surface area contributed by atoms with Gasteiger partial charge in [0.2, 0.25) is 5.91 Å². The molecule has 2 N–H and O–H groups in total. The molecule has 0 spiro atoms. The molecule has 0 radical (unpaired) electrons. The van der Waals surface area contributed by atoms with Crippen LogP contribution in [0.3, 0.4) is 0 Å². The van der Waals surface area contributed by atoms with Gasteiger partial charge in [-0.05, 0) is 13.1 Å². The average molecular weight is 211 g/mol. The Labute approximate surface area is 87.9 Å². The van der Waals surface area contributed by atoms with Gasteiger partial charge in [-0.25, -0.2) is 4.39 Å². The molecule has 0 fully saturated rings. The molecule has 1 aromatic rings. The summed E-state index contributed by atoms with van der Waals surface area (Å²) in [6, 6.07) is 1.43. The number of anilines is 1. The van der Waals surface area contributed by atoms with E-state index in [-0.39, 0.29) is 17.5 Å². The van der Waals surface area contributed by atoms with E-state index < -0.39 is 5.82 Å². The molecule has 1 heterocycles. The molecule has 4 nitrogen and oxygen atoms in total. The fourth-order valence-electron chi connectivity index (χ4n) is 1.13. The van der Waals surface area contributed by atoms with Crippen LogP contribution in [0.4, 0.5) is 10.1 Å². The van der Waals surface area contributed by atoms with E-state index in [1.807, 2.05) is 0 Å². The lowest BCUT2D eigenvalue weighted by molar-refractivity contribution is -0.119. The van der Waals surface area contributed by atoms with Gasteiger partial charge in [0, 0.05) is 18.7 Å². The molecule has 0 aliphatic carbocycles. The molecular weight excluding hydrogens is 197 g/mol. The van der Waals surface area contributed by atoms with Crippen LogP contribution in [0, 0.1) is 11.7 Å². The van der Waals surface area contributed by atoms with Crippen molar-refractivity contribution in [2.45, 2.75) is 6.92 Å². The van der Waals surface area contributed by atoms with Crippen molar-refractivity contribution in [2.24, 2.45) is 5.92 Å². The quantitative estimate of drug-likeness (QED) is 0.781. The largest absolute Gasteiger partial charge is 0.323 e. The first kappa shape index (κ1) is 11.6. The van der Waals surface area contributed by atoms with E-state index >= 15 is 0 Å². The first-order valence-electron chi connectivity index (χ1n) is 4.70. The van der Waals surface area contributed by atoms with Crippen LogP contribution in [0.5, 0.6) is 0 Å². The van der Waals surface area contributed by atoms with Gasteiger partial charge < -0.3 is 10.6 Å². The van der Waals surface area contributed by atoms with E-state index in [1.165, 1.54) is 12.3 Å². The number of nitrogens with zero attached hydrogens (tertiary/aromatic N) is 1. The Hall–Kier alpha value is -1.49. The topological polar surface area (TPSA) is 54.0 Å². The number of hydrogen-bond acceptors (Lipinski definition) is 3. The molecule has 82 valence electrons. The molecule has 1 unspecified atom stereocenters. The summed E-state index contributed by atoms with van der Waals surface area (Å²) < 4.78 is 13.1. The Morgan fingerprint density at radius 1 is 1.67 bits per heavy atom. The number of rotatable bonds is 4. The minimum atomic E-state index is -0.525. The molecule has 0 aromatic carbocycles. The lowest BCUT2D eigenvalue weighted by Crippen LogP contribution is -2.28. The lowest BCUT2D eigenvalue weighted by atomic mass is 10.1. The predicted octanol–water partition coefficient (Wildman–Crippen LogP) is 1.01. The first-order chi connectivity index (χ1) is 7.15. The van der Waals surface area contributed by atoms with E-state index in [1.54, 1.807) is 14.0 Å². The van der Waals surface area contributed by atoms with Gasteiger partial charge in [0.15, 0.2) is 5.82 Å². The van der Waals surface area contributed by atoms with E-state index in [0.717, 1.165) is 6.20 Å². The van der Waals surface area contributed by atoms with E-state index in [4.69, 9.17) is 0 Å². The van der Waals surface area contributed by atoms with Crippen LogP contribution in [0.15, 0.2) is 18.5 Å². The van der Waals surface area contributed by atoms with E-state index in [2.05, 4.69) is 15.6 Å². The van der Waals surface area contributed by atoms with Crippen LogP contribution in [-0.2, 0) is 4.79 Å². The van der Waals surface area contributed by atoms with Crippen molar-refractivity contribution >= 4 is 11.6 Å². The molecule has 0 saturated heterocycles. The maximum absolute atomic E-state index is 13.1. The van der Waals surface area contributed by atoms with Gasteiger partial charge in [0.05, 0.1) is 11.9 Å². The van der Waals surface area contributed by atoms with Crippen molar-refractivity contribution in [3.8, 4) is 0 Å². The fraction of sp³-hybridized carbons (Fsp3) is 0.400. The number of carbonyl (C=O) groups is 1. The standard InChI is InChI=1S/C10H14FN3O/c1-7(5-12-2)10(15)14-9-3-4-13-6-8(9)11/h3-4,6-7,12H,5H2,1-2H3,(H,13,14,15). The summed E-state index contributed by atoms with van der Waals surface area (Å²) in [5, 5.41) is 5.38. The fourth-order valence-corrected chi connectivity index (χ4v) is 1.13. The Balaban J connectivity index is 2.62. The molecule has 1 amide bonds. The number of halogens is 1. The summed E-state index contributed by atoms with van der Waals surface area (Å²) in [6.07, 6.45) is 2.50. The maximum atomic E-state index is 13.1. The minimum absolute atomic E-state index is 0.165. The van der Waals surface area contributed by atoms with Crippen LogP contribution in [0.1, 0.15) is 6.92 Å². The monoisotopic (exact) mass is 211 g/mol. The molecule has 1 rings (SSSR count). The Bertz CT molecular complexity index is 343. The third-order valence-corrected chi connectivity index (χ3v) is 1.99. The highest BCUT2D eigenvalue weighted by molar-refractivity contribution is 5.92. The zero-order valence-electron chi connectivity index (χ0n) is 8.75. The number of aromatic nitrogens is 1. The maximum Gasteiger partial charge on any atom is 0.228 e. The normalized spacial score (nSPS) is 12.2. The molecule has 15 heavy (non-hydrogen) atoms. The highest BCUT2D eigenvalue weighted by atomic mass is 19.1. The SMILES string of the molecule is CNCC(C)C(=O)Nc1ccncc1F. The predicted molar refractivity (Wildman–Crippen MR) is 55.9 cm³/mol. The summed E-state index contributed by atoms with van der Waals surface area (Å²) in [5.41, 5.74) is 0.165. The zero-order chi connectivity index (χ0) is 11.3. The van der Waals surface area contributed by atoms with Gasteiger partial charge in [-0.3, -0.25) is 9.78 Å². The van der Waals surface area contributed by atoms with Crippen molar-refractivity contribution in [2.75, 3.05) is 18.9 Å². The third-order valence-electron chi connectivity index (χ3n) is 1.99. The smallest absolute Gasteiger partial charge is 0.228 e. The zero-order valence-corrected chi connectivity index (χ0v) is 8.75. The molecule has 1 atom stereocenters. The summed E-state index contributed by atoms with van der Waals surface area (Å²) in [4.78, 5) is 15.1. The van der Waals surface area contributed by atoms with Crippen molar-refractivity contribution in [1.29, 1.82) is 0 Å². The van der Waals surface area contributed by atoms with Gasteiger partial charge in [0.25, 0.3) is 0 Å². The van der Waals surface area contributed by atoms with Gasteiger partial charge in [-0.1, -0.05) is 6.92 Å². The first-order valence-corrected chi connectivity index (χ1v) is 4.70. The molecular formula is C10H14FN3O. The van der Waals surface area contributed by atoms with Crippen LogP contribution in [0.25, 0.3) is 0 Å². The van der Waals surface area contributed by atoms with Crippen LogP contribution < -0.4 is 10.6 Å². The molecule has 0 aliphatic heterocycles. The van der Waals surface area contributed by atoms with Crippen LogP contribution >= 0.6 is 0 Å². The number of pyridine rings is 1. The Morgan fingerprint density at radius 2 is 2.40 bits per heavy atom. The lowest BCUT2D eigenvalue weighted by Gasteiger charge is -2.11. The Morgan fingerprint density at radius 3 is 3.00 bits per heavy atom. The van der Waals surface area contributed by atoms with Gasteiger partial charge in [-0.2, -0.15) is 0 Å². The van der Waals surface area contributed by atoms with Crippen molar-refractivity contribution in [3.05, 3.63) is 24.3 Å². The molecule has 0 bridgehead atoms. The molecule has 0 saturated carbocycles. The van der Waals surface area contributed by atoms with Gasteiger partial charge in [0.1, 0.15) is 0 Å². The molecule has 0 aliphatic rings. The van der Waals surface area contributed by atoms with Crippen molar-refractivity contribution in [1.82, 2.24) is 10.3 Å². The summed E-state index contributed by atoms with van der Waals surface area (Å²) in [6.45, 7) is 2.32. The third kappa shape index (κ3) is 3.28. The molecule has 1 aromatic heterocycles. The second kappa shape index (κ2) is 5.41.